The van der Waals surface area contributed by atoms with E-state index in [4.69, 9.17) is 4.42 Å². The zero-order valence-corrected chi connectivity index (χ0v) is 12.5. The average Bonchev–Trinajstić information content (AvgIpc) is 3.01. The highest BCUT2D eigenvalue weighted by Crippen LogP contribution is 2.23. The first-order valence-corrected chi connectivity index (χ1v) is 7.81. The van der Waals surface area contributed by atoms with E-state index in [1.54, 1.807) is 0 Å². The second kappa shape index (κ2) is 7.71. The molecule has 1 saturated heterocycles. The van der Waals surface area contributed by atoms with E-state index in [-0.39, 0.29) is 0 Å². The lowest BCUT2D eigenvalue weighted by Crippen LogP contribution is -2.21. The van der Waals surface area contributed by atoms with Crippen LogP contribution in [0.4, 0.5) is 0 Å². The fourth-order valence-corrected chi connectivity index (χ4v) is 2.98. The molecule has 1 aliphatic rings. The summed E-state index contributed by atoms with van der Waals surface area (Å²) >= 11 is 0. The molecule has 0 bridgehead atoms. The third kappa shape index (κ3) is 4.36. The first-order chi connectivity index (χ1) is 9.33. The molecule has 0 radical (unpaired) electrons. The normalized spacial score (nSPS) is 20.2. The first-order valence-electron chi connectivity index (χ1n) is 7.81. The summed E-state index contributed by atoms with van der Waals surface area (Å²) in [6.07, 6.45) is 7.07. The van der Waals surface area contributed by atoms with Gasteiger partial charge >= 0.3 is 0 Å². The molecule has 0 aromatic carbocycles. The van der Waals surface area contributed by atoms with Gasteiger partial charge in [-0.2, -0.15) is 0 Å². The standard InChI is InChI=1S/C16H28N2O/c1-3-5-14-6-9-18(12-14)13-15-7-10-19-16(15)11-17-8-4-2/h7,10,14,17H,3-6,8-9,11-13H2,1-2H3. The molecular weight excluding hydrogens is 236 g/mol. The van der Waals surface area contributed by atoms with Crippen LogP contribution in [0, 0.1) is 5.92 Å². The molecule has 1 aliphatic heterocycles. The average molecular weight is 264 g/mol. The van der Waals surface area contributed by atoms with Crippen molar-refractivity contribution < 1.29 is 4.42 Å². The Labute approximate surface area is 117 Å². The van der Waals surface area contributed by atoms with Crippen LogP contribution in [0.1, 0.15) is 50.9 Å². The second-order valence-electron chi connectivity index (χ2n) is 5.72. The third-order valence-electron chi connectivity index (χ3n) is 4.01. The van der Waals surface area contributed by atoms with Crippen molar-refractivity contribution >= 4 is 0 Å². The van der Waals surface area contributed by atoms with Crippen molar-refractivity contribution in [3.05, 3.63) is 23.7 Å². The van der Waals surface area contributed by atoms with E-state index in [0.717, 1.165) is 31.3 Å². The Morgan fingerprint density at radius 1 is 1.37 bits per heavy atom. The van der Waals surface area contributed by atoms with Crippen LogP contribution in [0.5, 0.6) is 0 Å². The molecule has 3 nitrogen and oxygen atoms in total. The van der Waals surface area contributed by atoms with Gasteiger partial charge in [0.25, 0.3) is 0 Å². The Kier molecular flexibility index (Phi) is 5.93. The van der Waals surface area contributed by atoms with Gasteiger partial charge in [0.1, 0.15) is 5.76 Å². The van der Waals surface area contributed by atoms with E-state index in [0.29, 0.717) is 0 Å². The zero-order valence-electron chi connectivity index (χ0n) is 12.5. The maximum Gasteiger partial charge on any atom is 0.122 e. The van der Waals surface area contributed by atoms with E-state index in [1.807, 2.05) is 6.26 Å². The molecule has 0 aliphatic carbocycles. The van der Waals surface area contributed by atoms with Gasteiger partial charge in [-0.15, -0.1) is 0 Å². The predicted molar refractivity (Wildman–Crippen MR) is 79.0 cm³/mol. The van der Waals surface area contributed by atoms with E-state index < -0.39 is 0 Å². The monoisotopic (exact) mass is 264 g/mol. The number of nitrogens with zero attached hydrogens (tertiary/aromatic N) is 1. The highest BCUT2D eigenvalue weighted by atomic mass is 16.3. The summed E-state index contributed by atoms with van der Waals surface area (Å²) < 4.78 is 5.61. The summed E-state index contributed by atoms with van der Waals surface area (Å²) in [5, 5.41) is 3.42. The van der Waals surface area contributed by atoms with Crippen LogP contribution in [0.15, 0.2) is 16.7 Å². The third-order valence-corrected chi connectivity index (χ3v) is 4.01. The minimum absolute atomic E-state index is 0.863. The molecule has 19 heavy (non-hydrogen) atoms. The van der Waals surface area contributed by atoms with Gasteiger partial charge in [0.15, 0.2) is 0 Å². The van der Waals surface area contributed by atoms with Crippen LogP contribution < -0.4 is 5.32 Å². The Bertz CT molecular complexity index is 361. The SMILES string of the molecule is CCCNCc1occc1CN1CCC(CCC)C1. The Balaban J connectivity index is 1.81. The van der Waals surface area contributed by atoms with Crippen molar-refractivity contribution in [3.8, 4) is 0 Å². The van der Waals surface area contributed by atoms with Gasteiger partial charge in [-0.25, -0.2) is 0 Å². The van der Waals surface area contributed by atoms with Crippen molar-refractivity contribution in [2.45, 2.75) is 52.6 Å². The molecule has 1 aromatic rings. The van der Waals surface area contributed by atoms with Gasteiger partial charge in [0.2, 0.25) is 0 Å². The van der Waals surface area contributed by atoms with Crippen molar-refractivity contribution in [2.75, 3.05) is 19.6 Å². The Hall–Kier alpha value is -0.800. The second-order valence-corrected chi connectivity index (χ2v) is 5.72. The maximum atomic E-state index is 5.61. The van der Waals surface area contributed by atoms with Crippen LogP contribution in [0.25, 0.3) is 0 Å². The molecule has 1 unspecified atom stereocenters. The van der Waals surface area contributed by atoms with Crippen LogP contribution in [-0.4, -0.2) is 24.5 Å². The van der Waals surface area contributed by atoms with Crippen molar-refractivity contribution in [1.82, 2.24) is 10.2 Å². The topological polar surface area (TPSA) is 28.4 Å². The van der Waals surface area contributed by atoms with Gasteiger partial charge < -0.3 is 9.73 Å². The van der Waals surface area contributed by atoms with E-state index in [1.165, 1.54) is 44.3 Å². The van der Waals surface area contributed by atoms with Gasteiger partial charge in [0.05, 0.1) is 12.8 Å². The first kappa shape index (κ1) is 14.6. The van der Waals surface area contributed by atoms with Crippen molar-refractivity contribution in [1.29, 1.82) is 0 Å². The fraction of sp³-hybridized carbons (Fsp3) is 0.750. The lowest BCUT2D eigenvalue weighted by molar-refractivity contribution is 0.309. The molecule has 0 spiro atoms. The van der Waals surface area contributed by atoms with Crippen LogP contribution in [0.2, 0.25) is 0 Å². The summed E-state index contributed by atoms with van der Waals surface area (Å²) in [6, 6.07) is 2.14. The van der Waals surface area contributed by atoms with Gasteiger partial charge in [-0.3, -0.25) is 4.90 Å². The minimum atomic E-state index is 0.863. The van der Waals surface area contributed by atoms with Gasteiger partial charge in [0, 0.05) is 18.7 Å². The molecule has 1 N–H and O–H groups in total. The number of rotatable bonds is 8. The molecule has 1 fully saturated rings. The number of nitrogens with one attached hydrogen (secondary N) is 1. The van der Waals surface area contributed by atoms with E-state index in [9.17, 15) is 0 Å². The lowest BCUT2D eigenvalue weighted by atomic mass is 10.0. The number of furan rings is 1. The number of hydrogen-bond acceptors (Lipinski definition) is 3. The molecule has 3 heteroatoms. The van der Waals surface area contributed by atoms with Gasteiger partial charge in [-0.05, 0) is 44.3 Å². The molecule has 2 rings (SSSR count). The highest BCUT2D eigenvalue weighted by Gasteiger charge is 2.22. The van der Waals surface area contributed by atoms with Gasteiger partial charge in [-0.1, -0.05) is 20.3 Å². The highest BCUT2D eigenvalue weighted by molar-refractivity contribution is 5.17. The smallest absolute Gasteiger partial charge is 0.122 e. The van der Waals surface area contributed by atoms with E-state index in [2.05, 4.69) is 30.1 Å². The van der Waals surface area contributed by atoms with Crippen LogP contribution in [0.3, 0.4) is 0 Å². The molecule has 1 atom stereocenters. The maximum absolute atomic E-state index is 5.61. The van der Waals surface area contributed by atoms with E-state index >= 15 is 0 Å². The molecule has 108 valence electrons. The van der Waals surface area contributed by atoms with Crippen LogP contribution >= 0.6 is 0 Å². The minimum Gasteiger partial charge on any atom is -0.468 e. The number of likely N-dealkylation sites (tertiary alicyclic amines) is 1. The summed E-state index contributed by atoms with van der Waals surface area (Å²) in [7, 11) is 0. The quantitative estimate of drug-likeness (QED) is 0.729. The van der Waals surface area contributed by atoms with Crippen molar-refractivity contribution in [3.63, 3.8) is 0 Å². The molecular formula is C16H28N2O. The fourth-order valence-electron chi connectivity index (χ4n) is 2.98. The molecule has 0 amide bonds. The molecule has 2 heterocycles. The summed E-state index contributed by atoms with van der Waals surface area (Å²) in [6.45, 7) is 9.97. The largest absolute Gasteiger partial charge is 0.468 e. The Morgan fingerprint density at radius 2 is 2.26 bits per heavy atom. The number of hydrogen-bond donors (Lipinski definition) is 1. The van der Waals surface area contributed by atoms with Crippen molar-refractivity contribution in [2.24, 2.45) is 5.92 Å². The molecule has 1 aromatic heterocycles. The Morgan fingerprint density at radius 3 is 3.05 bits per heavy atom. The zero-order chi connectivity index (χ0) is 13.5. The summed E-state index contributed by atoms with van der Waals surface area (Å²) in [5.74, 6) is 2.03. The predicted octanol–water partition coefficient (Wildman–Crippen LogP) is 3.40. The lowest BCUT2D eigenvalue weighted by Gasteiger charge is -2.16. The van der Waals surface area contributed by atoms with Crippen LogP contribution in [-0.2, 0) is 13.1 Å². The summed E-state index contributed by atoms with van der Waals surface area (Å²) in [4.78, 5) is 2.58. The molecule has 0 saturated carbocycles. The summed E-state index contributed by atoms with van der Waals surface area (Å²) in [5.41, 5.74) is 1.36.